The van der Waals surface area contributed by atoms with Gasteiger partial charge in [0.25, 0.3) is 5.91 Å². The molecule has 0 aromatic heterocycles. The van der Waals surface area contributed by atoms with Crippen LogP contribution in [0.3, 0.4) is 0 Å². The van der Waals surface area contributed by atoms with Crippen molar-refractivity contribution < 1.29 is 14.7 Å². The highest BCUT2D eigenvalue weighted by molar-refractivity contribution is 5.97. The molecule has 5 nitrogen and oxygen atoms in total. The lowest BCUT2D eigenvalue weighted by Gasteiger charge is -2.28. The average Bonchev–Trinajstić information content (AvgIpc) is 2.17. The van der Waals surface area contributed by atoms with E-state index in [4.69, 9.17) is 5.11 Å². The Hall–Kier alpha value is -2.04. The van der Waals surface area contributed by atoms with Gasteiger partial charge in [-0.1, -0.05) is 0 Å². The van der Waals surface area contributed by atoms with Crippen molar-refractivity contribution in [2.45, 2.75) is 0 Å². The lowest BCUT2D eigenvalue weighted by Crippen LogP contribution is -2.37. The number of nitrogens with zero attached hydrogens (tertiary/aromatic N) is 1. The number of carbonyl (C=O) groups is 2. The van der Waals surface area contributed by atoms with Crippen molar-refractivity contribution in [1.82, 2.24) is 10.2 Å². The normalized spacial score (nSPS) is 19.4. The molecule has 0 saturated carbocycles. The van der Waals surface area contributed by atoms with Gasteiger partial charge in [-0.25, -0.2) is 4.79 Å². The van der Waals surface area contributed by atoms with Crippen LogP contribution in [0.2, 0.25) is 0 Å². The Morgan fingerprint density at radius 2 is 2.29 bits per heavy atom. The second kappa shape index (κ2) is 3.02. The summed E-state index contributed by atoms with van der Waals surface area (Å²) in [5, 5.41) is 11.3. The fourth-order valence-electron chi connectivity index (χ4n) is 1.35. The third kappa shape index (κ3) is 1.28. The lowest BCUT2D eigenvalue weighted by atomic mass is 10.1. The van der Waals surface area contributed by atoms with E-state index in [1.807, 2.05) is 0 Å². The fraction of sp³-hybridized carbons (Fsp3) is 0.111. The van der Waals surface area contributed by atoms with Gasteiger partial charge in [-0.3, -0.25) is 4.79 Å². The van der Waals surface area contributed by atoms with Gasteiger partial charge in [0.1, 0.15) is 5.70 Å². The number of hydrogen-bond donors (Lipinski definition) is 2. The molecule has 72 valence electrons. The molecule has 0 aromatic carbocycles. The van der Waals surface area contributed by atoms with Crippen LogP contribution in [0.15, 0.2) is 35.8 Å². The van der Waals surface area contributed by atoms with E-state index in [-0.39, 0.29) is 18.0 Å². The molecule has 0 atom stereocenters. The standard InChI is InChI=1S/C9H8N2O3/c12-8-7-2-1-6(9(13)14)5-11(7)4-3-10-8/h1-4H,5H2,(H,10,12)(H,13,14). The Bertz CT molecular complexity index is 393. The highest BCUT2D eigenvalue weighted by Gasteiger charge is 2.23. The Kier molecular flexibility index (Phi) is 1.85. The van der Waals surface area contributed by atoms with E-state index in [1.165, 1.54) is 18.4 Å². The number of allylic oxidation sites excluding steroid dienone is 2. The summed E-state index contributed by atoms with van der Waals surface area (Å²) >= 11 is 0. The predicted octanol–water partition coefficient (Wildman–Crippen LogP) is -0.202. The van der Waals surface area contributed by atoms with Gasteiger partial charge in [0, 0.05) is 12.4 Å². The maximum Gasteiger partial charge on any atom is 0.333 e. The van der Waals surface area contributed by atoms with Crippen LogP contribution in [0, 0.1) is 0 Å². The Labute approximate surface area is 80.0 Å². The number of carboxylic acids is 1. The van der Waals surface area contributed by atoms with E-state index in [0.29, 0.717) is 5.70 Å². The molecule has 0 aliphatic carbocycles. The number of carboxylic acid groups (broad SMARTS) is 1. The van der Waals surface area contributed by atoms with Gasteiger partial charge in [0.2, 0.25) is 0 Å². The van der Waals surface area contributed by atoms with Crippen molar-refractivity contribution >= 4 is 11.9 Å². The van der Waals surface area contributed by atoms with Gasteiger partial charge in [-0.2, -0.15) is 0 Å². The van der Waals surface area contributed by atoms with Crippen LogP contribution in [-0.2, 0) is 9.59 Å². The molecule has 2 aliphatic heterocycles. The van der Waals surface area contributed by atoms with Crippen LogP contribution in [0.4, 0.5) is 0 Å². The third-order valence-electron chi connectivity index (χ3n) is 2.07. The Morgan fingerprint density at radius 1 is 1.50 bits per heavy atom. The molecule has 2 aliphatic rings. The molecule has 5 heteroatoms. The van der Waals surface area contributed by atoms with Gasteiger partial charge in [0.15, 0.2) is 0 Å². The van der Waals surface area contributed by atoms with E-state index in [0.717, 1.165) is 0 Å². The van der Waals surface area contributed by atoms with Crippen molar-refractivity contribution in [3.8, 4) is 0 Å². The molecule has 0 aromatic rings. The molecule has 0 bridgehead atoms. The zero-order chi connectivity index (χ0) is 10.1. The van der Waals surface area contributed by atoms with Crippen molar-refractivity contribution in [2.24, 2.45) is 0 Å². The summed E-state index contributed by atoms with van der Waals surface area (Å²) in [4.78, 5) is 23.5. The van der Waals surface area contributed by atoms with E-state index < -0.39 is 5.97 Å². The summed E-state index contributed by atoms with van der Waals surface area (Å²) in [6, 6.07) is 0. The van der Waals surface area contributed by atoms with Crippen LogP contribution >= 0.6 is 0 Å². The smallest absolute Gasteiger partial charge is 0.333 e. The number of amides is 1. The summed E-state index contributed by atoms with van der Waals surface area (Å²) in [7, 11) is 0. The molecule has 0 radical (unpaired) electrons. The highest BCUT2D eigenvalue weighted by Crippen LogP contribution is 2.17. The first-order valence-corrected chi connectivity index (χ1v) is 4.07. The van der Waals surface area contributed by atoms with Crippen LogP contribution in [-0.4, -0.2) is 28.4 Å². The monoisotopic (exact) mass is 192 g/mol. The van der Waals surface area contributed by atoms with Crippen LogP contribution in [0.25, 0.3) is 0 Å². The minimum Gasteiger partial charge on any atom is -0.478 e. The molecular formula is C9H8N2O3. The summed E-state index contributed by atoms with van der Waals surface area (Å²) in [6.45, 7) is 0.227. The fourth-order valence-corrected chi connectivity index (χ4v) is 1.35. The molecule has 1 amide bonds. The van der Waals surface area contributed by atoms with Crippen molar-refractivity contribution in [3.63, 3.8) is 0 Å². The number of nitrogens with one attached hydrogen (secondary N) is 1. The van der Waals surface area contributed by atoms with Crippen molar-refractivity contribution in [1.29, 1.82) is 0 Å². The van der Waals surface area contributed by atoms with Crippen LogP contribution < -0.4 is 5.32 Å². The molecule has 2 rings (SSSR count). The number of hydrogen-bond acceptors (Lipinski definition) is 3. The van der Waals surface area contributed by atoms with Gasteiger partial charge in [-0.15, -0.1) is 0 Å². The third-order valence-corrected chi connectivity index (χ3v) is 2.07. The average molecular weight is 192 g/mol. The minimum atomic E-state index is -0.959. The Morgan fingerprint density at radius 3 is 3.00 bits per heavy atom. The first-order valence-electron chi connectivity index (χ1n) is 4.07. The summed E-state index contributed by atoms with van der Waals surface area (Å²) in [5.74, 6) is -1.17. The first kappa shape index (κ1) is 8.55. The molecule has 2 heterocycles. The van der Waals surface area contributed by atoms with Gasteiger partial charge in [-0.05, 0) is 12.2 Å². The summed E-state index contributed by atoms with van der Waals surface area (Å²) in [6.07, 6.45) is 6.09. The second-order valence-electron chi connectivity index (χ2n) is 2.97. The van der Waals surface area contributed by atoms with E-state index >= 15 is 0 Å². The number of carbonyl (C=O) groups excluding carboxylic acids is 1. The summed E-state index contributed by atoms with van der Waals surface area (Å²) in [5.41, 5.74) is 0.741. The van der Waals surface area contributed by atoms with Crippen LogP contribution in [0.1, 0.15) is 0 Å². The first-order chi connectivity index (χ1) is 6.68. The molecular weight excluding hydrogens is 184 g/mol. The van der Waals surface area contributed by atoms with Gasteiger partial charge < -0.3 is 15.3 Å². The van der Waals surface area contributed by atoms with Gasteiger partial charge >= 0.3 is 5.97 Å². The maximum absolute atomic E-state index is 11.3. The topological polar surface area (TPSA) is 69.6 Å². The van der Waals surface area contributed by atoms with Gasteiger partial charge in [0.05, 0.1) is 12.1 Å². The van der Waals surface area contributed by atoms with Crippen molar-refractivity contribution in [3.05, 3.63) is 35.8 Å². The maximum atomic E-state index is 11.3. The van der Waals surface area contributed by atoms with E-state index in [2.05, 4.69) is 5.32 Å². The number of fused-ring (bicyclic) bond motifs is 1. The summed E-state index contributed by atoms with van der Waals surface area (Å²) < 4.78 is 0. The zero-order valence-electron chi connectivity index (χ0n) is 7.23. The quantitative estimate of drug-likeness (QED) is 0.603. The molecule has 2 N–H and O–H groups in total. The molecule has 14 heavy (non-hydrogen) atoms. The van der Waals surface area contributed by atoms with E-state index in [9.17, 15) is 9.59 Å². The zero-order valence-corrected chi connectivity index (χ0v) is 7.23. The predicted molar refractivity (Wildman–Crippen MR) is 47.8 cm³/mol. The molecule has 0 fully saturated rings. The lowest BCUT2D eigenvalue weighted by molar-refractivity contribution is -0.133. The molecule has 0 saturated heterocycles. The Balaban J connectivity index is 2.34. The van der Waals surface area contributed by atoms with Crippen molar-refractivity contribution in [2.75, 3.05) is 6.54 Å². The highest BCUT2D eigenvalue weighted by atomic mass is 16.4. The van der Waals surface area contributed by atoms with Crippen LogP contribution in [0.5, 0.6) is 0 Å². The SMILES string of the molecule is O=C(O)C1=CC=C2C(=O)NC=CN2C1. The largest absolute Gasteiger partial charge is 0.478 e. The second-order valence-corrected chi connectivity index (χ2v) is 2.97. The minimum absolute atomic E-state index is 0.215. The molecule has 0 spiro atoms. The van der Waals surface area contributed by atoms with E-state index in [1.54, 1.807) is 11.1 Å². The molecule has 0 unspecified atom stereocenters. The number of rotatable bonds is 1. The number of aliphatic carboxylic acids is 1.